The second kappa shape index (κ2) is 6.36. The largest absolute Gasteiger partial charge is 0.368 e. The molecule has 0 aromatic rings. The van der Waals surface area contributed by atoms with Crippen molar-refractivity contribution in [3.8, 4) is 0 Å². The fraction of sp³-hybridized carbons (Fsp3) is 0.923. The zero-order valence-electron chi connectivity index (χ0n) is 10.8. The van der Waals surface area contributed by atoms with Gasteiger partial charge in [0.25, 0.3) is 5.91 Å². The molecule has 0 spiro atoms. The predicted molar refractivity (Wildman–Crippen MR) is 66.9 cm³/mol. The van der Waals surface area contributed by atoms with E-state index in [0.29, 0.717) is 6.04 Å². The zero-order chi connectivity index (χ0) is 12.1. The molecule has 1 unspecified atom stereocenters. The summed E-state index contributed by atoms with van der Waals surface area (Å²) < 4.78 is 5.56. The van der Waals surface area contributed by atoms with Gasteiger partial charge in [-0.1, -0.05) is 6.92 Å². The Morgan fingerprint density at radius 1 is 1.29 bits per heavy atom. The second-order valence-corrected chi connectivity index (χ2v) is 5.01. The lowest BCUT2D eigenvalue weighted by Crippen LogP contribution is -2.49. The van der Waals surface area contributed by atoms with E-state index in [9.17, 15) is 4.79 Å². The van der Waals surface area contributed by atoms with Gasteiger partial charge in [0.05, 0.1) is 0 Å². The Labute approximate surface area is 104 Å². The lowest BCUT2D eigenvalue weighted by atomic mass is 10.0. The third kappa shape index (κ3) is 3.42. The van der Waals surface area contributed by atoms with Gasteiger partial charge in [-0.25, -0.2) is 0 Å². The minimum absolute atomic E-state index is 0.153. The van der Waals surface area contributed by atoms with E-state index in [1.165, 1.54) is 0 Å². The van der Waals surface area contributed by atoms with Crippen molar-refractivity contribution >= 4 is 5.91 Å². The molecular formula is C13H24N2O2. The first-order chi connectivity index (χ1) is 8.31. The summed E-state index contributed by atoms with van der Waals surface area (Å²) in [4.78, 5) is 14.2. The molecule has 2 fully saturated rings. The molecule has 0 radical (unpaired) electrons. The Hall–Kier alpha value is -0.610. The van der Waals surface area contributed by atoms with Crippen LogP contribution in [0.15, 0.2) is 0 Å². The van der Waals surface area contributed by atoms with E-state index in [0.717, 1.165) is 58.3 Å². The van der Waals surface area contributed by atoms with E-state index in [4.69, 9.17) is 4.74 Å². The molecule has 98 valence electrons. The molecule has 2 heterocycles. The van der Waals surface area contributed by atoms with Gasteiger partial charge in [0.15, 0.2) is 0 Å². The van der Waals surface area contributed by atoms with Crippen LogP contribution in [-0.4, -0.2) is 49.2 Å². The molecule has 0 saturated carbocycles. The van der Waals surface area contributed by atoms with E-state index < -0.39 is 0 Å². The standard InChI is InChI=1S/C13H24N2O2/c1-2-14-11-6-8-15(9-7-11)13(16)12-5-3-4-10-17-12/h11-12,14H,2-10H2,1H3. The number of amides is 1. The highest BCUT2D eigenvalue weighted by Crippen LogP contribution is 2.18. The molecule has 0 aromatic carbocycles. The molecule has 2 rings (SSSR count). The first-order valence-electron chi connectivity index (χ1n) is 6.95. The Balaban J connectivity index is 1.77. The highest BCUT2D eigenvalue weighted by molar-refractivity contribution is 5.81. The van der Waals surface area contributed by atoms with Crippen molar-refractivity contribution in [3.05, 3.63) is 0 Å². The van der Waals surface area contributed by atoms with Gasteiger partial charge in [0.2, 0.25) is 0 Å². The molecule has 1 N–H and O–H groups in total. The minimum Gasteiger partial charge on any atom is -0.368 e. The van der Waals surface area contributed by atoms with Crippen LogP contribution in [0, 0.1) is 0 Å². The van der Waals surface area contributed by atoms with Crippen LogP contribution >= 0.6 is 0 Å². The van der Waals surface area contributed by atoms with Crippen molar-refractivity contribution in [3.63, 3.8) is 0 Å². The van der Waals surface area contributed by atoms with Crippen LogP contribution in [0.4, 0.5) is 0 Å². The molecule has 0 aromatic heterocycles. The first kappa shape index (κ1) is 12.8. The van der Waals surface area contributed by atoms with Crippen LogP contribution in [0.1, 0.15) is 39.0 Å². The lowest BCUT2D eigenvalue weighted by molar-refractivity contribution is -0.147. The van der Waals surface area contributed by atoms with Crippen molar-refractivity contribution in [2.24, 2.45) is 0 Å². The Morgan fingerprint density at radius 3 is 2.65 bits per heavy atom. The number of piperidine rings is 1. The summed E-state index contributed by atoms with van der Waals surface area (Å²) in [6.07, 6.45) is 5.14. The van der Waals surface area contributed by atoms with Crippen LogP contribution in [0.2, 0.25) is 0 Å². The van der Waals surface area contributed by atoms with E-state index in [1.807, 2.05) is 4.90 Å². The third-order valence-corrected chi connectivity index (χ3v) is 3.75. The van der Waals surface area contributed by atoms with E-state index in [2.05, 4.69) is 12.2 Å². The number of ether oxygens (including phenoxy) is 1. The highest BCUT2D eigenvalue weighted by Gasteiger charge is 2.29. The van der Waals surface area contributed by atoms with Crippen LogP contribution in [0.3, 0.4) is 0 Å². The zero-order valence-corrected chi connectivity index (χ0v) is 10.8. The van der Waals surface area contributed by atoms with Gasteiger partial charge < -0.3 is 15.0 Å². The number of hydrogen-bond donors (Lipinski definition) is 1. The Bertz CT molecular complexity index is 244. The first-order valence-corrected chi connectivity index (χ1v) is 6.95. The van der Waals surface area contributed by atoms with Crippen molar-refractivity contribution in [2.75, 3.05) is 26.2 Å². The number of hydrogen-bond acceptors (Lipinski definition) is 3. The van der Waals surface area contributed by atoms with Crippen LogP contribution in [0.25, 0.3) is 0 Å². The smallest absolute Gasteiger partial charge is 0.251 e. The summed E-state index contributed by atoms with van der Waals surface area (Å²) in [6, 6.07) is 0.594. The summed E-state index contributed by atoms with van der Waals surface area (Å²) >= 11 is 0. The number of nitrogens with one attached hydrogen (secondary N) is 1. The van der Waals surface area contributed by atoms with E-state index >= 15 is 0 Å². The average Bonchev–Trinajstić information content (AvgIpc) is 2.40. The van der Waals surface area contributed by atoms with Gasteiger partial charge in [-0.05, 0) is 38.6 Å². The number of carbonyl (C=O) groups excluding carboxylic acids is 1. The fourth-order valence-electron chi connectivity index (χ4n) is 2.73. The van der Waals surface area contributed by atoms with E-state index in [1.54, 1.807) is 0 Å². The number of carbonyl (C=O) groups is 1. The summed E-state index contributed by atoms with van der Waals surface area (Å²) in [5, 5.41) is 3.45. The maximum atomic E-state index is 12.2. The quantitative estimate of drug-likeness (QED) is 0.805. The summed E-state index contributed by atoms with van der Waals surface area (Å²) in [7, 11) is 0. The average molecular weight is 240 g/mol. The number of likely N-dealkylation sites (tertiary alicyclic amines) is 1. The number of rotatable bonds is 3. The molecule has 0 bridgehead atoms. The maximum Gasteiger partial charge on any atom is 0.251 e. The summed E-state index contributed by atoms with van der Waals surface area (Å²) in [5.41, 5.74) is 0. The molecule has 1 atom stereocenters. The molecule has 4 nitrogen and oxygen atoms in total. The molecule has 17 heavy (non-hydrogen) atoms. The number of nitrogens with zero attached hydrogens (tertiary/aromatic N) is 1. The summed E-state index contributed by atoms with van der Waals surface area (Å²) in [6.45, 7) is 5.68. The Morgan fingerprint density at radius 2 is 2.06 bits per heavy atom. The molecule has 0 aliphatic carbocycles. The van der Waals surface area contributed by atoms with Crippen LogP contribution < -0.4 is 5.32 Å². The van der Waals surface area contributed by atoms with Crippen molar-refractivity contribution in [2.45, 2.75) is 51.2 Å². The lowest BCUT2D eigenvalue weighted by Gasteiger charge is -2.35. The molecular weight excluding hydrogens is 216 g/mol. The van der Waals surface area contributed by atoms with Gasteiger partial charge in [0, 0.05) is 25.7 Å². The van der Waals surface area contributed by atoms with Gasteiger partial charge >= 0.3 is 0 Å². The molecule has 1 amide bonds. The van der Waals surface area contributed by atoms with Gasteiger partial charge in [-0.15, -0.1) is 0 Å². The van der Waals surface area contributed by atoms with Gasteiger partial charge in [-0.3, -0.25) is 4.79 Å². The molecule has 4 heteroatoms. The SMILES string of the molecule is CCNC1CCN(C(=O)C2CCCCO2)CC1. The van der Waals surface area contributed by atoms with Crippen molar-refractivity contribution in [1.82, 2.24) is 10.2 Å². The topological polar surface area (TPSA) is 41.6 Å². The van der Waals surface area contributed by atoms with E-state index in [-0.39, 0.29) is 12.0 Å². The third-order valence-electron chi connectivity index (χ3n) is 3.75. The van der Waals surface area contributed by atoms with Gasteiger partial charge in [0.1, 0.15) is 6.10 Å². The van der Waals surface area contributed by atoms with Crippen LogP contribution in [0.5, 0.6) is 0 Å². The minimum atomic E-state index is -0.153. The van der Waals surface area contributed by atoms with Crippen molar-refractivity contribution < 1.29 is 9.53 Å². The molecule has 2 aliphatic rings. The second-order valence-electron chi connectivity index (χ2n) is 5.01. The molecule has 2 aliphatic heterocycles. The van der Waals surface area contributed by atoms with Gasteiger partial charge in [-0.2, -0.15) is 0 Å². The highest BCUT2D eigenvalue weighted by atomic mass is 16.5. The Kier molecular flexibility index (Phi) is 4.80. The fourth-order valence-corrected chi connectivity index (χ4v) is 2.73. The monoisotopic (exact) mass is 240 g/mol. The molecule has 2 saturated heterocycles. The maximum absolute atomic E-state index is 12.2. The predicted octanol–water partition coefficient (Wildman–Crippen LogP) is 1.16. The van der Waals surface area contributed by atoms with Crippen LogP contribution in [-0.2, 0) is 9.53 Å². The van der Waals surface area contributed by atoms with Crippen molar-refractivity contribution in [1.29, 1.82) is 0 Å². The summed E-state index contributed by atoms with van der Waals surface area (Å²) in [5.74, 6) is 0.222. The normalized spacial score (nSPS) is 27.1.